The van der Waals surface area contributed by atoms with Gasteiger partial charge in [-0.2, -0.15) is 4.98 Å². The summed E-state index contributed by atoms with van der Waals surface area (Å²) in [5, 5.41) is 4.61. The summed E-state index contributed by atoms with van der Waals surface area (Å²) in [5.74, 6) is 2.25. The number of hydrogen-bond acceptors (Lipinski definition) is 7. The molecule has 3 aromatic rings. The lowest BCUT2D eigenvalue weighted by molar-refractivity contribution is 0.0706. The molecule has 1 aliphatic rings. The lowest BCUT2D eigenvalue weighted by Gasteiger charge is -2.22. The number of nitrogens with zero attached hydrogens (tertiary/aromatic N) is 3. The van der Waals surface area contributed by atoms with Crippen LogP contribution in [0, 0.1) is 0 Å². The summed E-state index contributed by atoms with van der Waals surface area (Å²) in [7, 11) is 4.65. The van der Waals surface area contributed by atoms with Gasteiger partial charge in [0.2, 0.25) is 11.7 Å². The zero-order valence-electron chi connectivity index (χ0n) is 17.4. The molecule has 162 valence electrons. The molecule has 1 unspecified atom stereocenters. The fourth-order valence-electron chi connectivity index (χ4n) is 3.73. The van der Waals surface area contributed by atoms with Crippen molar-refractivity contribution in [3.63, 3.8) is 0 Å². The first-order valence-corrected chi connectivity index (χ1v) is 10.1. The Labute approximate surface area is 184 Å². The van der Waals surface area contributed by atoms with Gasteiger partial charge in [-0.1, -0.05) is 16.8 Å². The quantitative estimate of drug-likeness (QED) is 0.558. The van der Waals surface area contributed by atoms with Gasteiger partial charge in [0.1, 0.15) is 11.8 Å². The number of ether oxygens (including phenoxy) is 3. The van der Waals surface area contributed by atoms with Crippen molar-refractivity contribution in [1.82, 2.24) is 15.0 Å². The Morgan fingerprint density at radius 3 is 2.58 bits per heavy atom. The lowest BCUT2D eigenvalue weighted by Crippen LogP contribution is -2.31. The van der Waals surface area contributed by atoms with E-state index in [1.807, 2.05) is 6.07 Å². The summed E-state index contributed by atoms with van der Waals surface area (Å²) < 4.78 is 21.5. The van der Waals surface area contributed by atoms with Crippen LogP contribution in [0.2, 0.25) is 5.02 Å². The molecule has 9 heteroatoms. The molecule has 4 rings (SSSR count). The van der Waals surface area contributed by atoms with Gasteiger partial charge in [0, 0.05) is 17.1 Å². The molecule has 0 spiro atoms. The fourth-order valence-corrected chi connectivity index (χ4v) is 3.89. The van der Waals surface area contributed by atoms with Crippen LogP contribution in [0.4, 0.5) is 0 Å². The van der Waals surface area contributed by atoms with Gasteiger partial charge in [-0.3, -0.25) is 4.79 Å². The van der Waals surface area contributed by atoms with Gasteiger partial charge in [0.15, 0.2) is 11.5 Å². The van der Waals surface area contributed by atoms with E-state index in [9.17, 15) is 4.79 Å². The maximum Gasteiger partial charge on any atom is 0.258 e. The number of methoxy groups -OCH3 is 3. The molecule has 0 radical (unpaired) electrons. The molecule has 0 bridgehead atoms. The molecule has 8 nitrogen and oxygen atoms in total. The van der Waals surface area contributed by atoms with Crippen LogP contribution in [0.5, 0.6) is 17.2 Å². The zero-order valence-corrected chi connectivity index (χ0v) is 18.2. The highest BCUT2D eigenvalue weighted by Gasteiger charge is 2.35. The number of carbonyl (C=O) groups is 1. The third-order valence-corrected chi connectivity index (χ3v) is 5.51. The minimum atomic E-state index is -0.311. The highest BCUT2D eigenvalue weighted by molar-refractivity contribution is 6.30. The second-order valence-electron chi connectivity index (χ2n) is 7.03. The van der Waals surface area contributed by atoms with Crippen molar-refractivity contribution in [2.24, 2.45) is 0 Å². The van der Waals surface area contributed by atoms with Crippen LogP contribution in [-0.2, 0) is 0 Å². The molecule has 2 heterocycles. The Bertz CT molecular complexity index is 1100. The Balaban J connectivity index is 1.61. The molecule has 31 heavy (non-hydrogen) atoms. The number of likely N-dealkylation sites (tertiary alicyclic amines) is 1. The largest absolute Gasteiger partial charge is 0.496 e. The van der Waals surface area contributed by atoms with E-state index in [1.165, 1.54) is 7.11 Å². The summed E-state index contributed by atoms with van der Waals surface area (Å²) in [4.78, 5) is 19.5. The molecule has 1 fully saturated rings. The molecule has 2 aromatic carbocycles. The Hall–Kier alpha value is -3.26. The minimum Gasteiger partial charge on any atom is -0.496 e. The Morgan fingerprint density at radius 2 is 1.84 bits per heavy atom. The number of hydrogen-bond donors (Lipinski definition) is 0. The first-order chi connectivity index (χ1) is 15.0. The SMILES string of the molecule is COc1ccc(-c2noc(C3CCCN3C(=O)c3ccc(Cl)cc3OC)n2)cc1OC. The van der Waals surface area contributed by atoms with Crippen molar-refractivity contribution in [1.29, 1.82) is 0 Å². The van der Waals surface area contributed by atoms with Gasteiger partial charge in [0.05, 0.1) is 26.9 Å². The van der Waals surface area contributed by atoms with Crippen molar-refractivity contribution in [2.75, 3.05) is 27.9 Å². The van der Waals surface area contributed by atoms with Crippen molar-refractivity contribution in [3.8, 4) is 28.6 Å². The standard InChI is InChI=1S/C22H22ClN3O5/c1-28-17-9-6-13(11-19(17)30-3)20-24-21(31-25-20)16-5-4-10-26(16)22(27)15-8-7-14(23)12-18(15)29-2/h6-9,11-12,16H,4-5,10H2,1-3H3. The van der Waals surface area contributed by atoms with E-state index >= 15 is 0 Å². The molecular weight excluding hydrogens is 422 g/mol. The average molecular weight is 444 g/mol. The highest BCUT2D eigenvalue weighted by Crippen LogP contribution is 2.36. The van der Waals surface area contributed by atoms with Gasteiger partial charge in [-0.05, 0) is 49.2 Å². The van der Waals surface area contributed by atoms with E-state index in [0.29, 0.717) is 46.1 Å². The number of carbonyl (C=O) groups excluding carboxylic acids is 1. The summed E-state index contributed by atoms with van der Waals surface area (Å²) >= 11 is 6.03. The van der Waals surface area contributed by atoms with E-state index < -0.39 is 0 Å². The monoisotopic (exact) mass is 443 g/mol. The summed E-state index contributed by atoms with van der Waals surface area (Å²) in [5.41, 5.74) is 1.17. The van der Waals surface area contributed by atoms with Crippen LogP contribution in [0.25, 0.3) is 11.4 Å². The summed E-state index contributed by atoms with van der Waals surface area (Å²) in [6.45, 7) is 0.587. The second kappa shape index (κ2) is 8.85. The molecule has 0 N–H and O–H groups in total. The summed E-state index contributed by atoms with van der Waals surface area (Å²) in [6, 6.07) is 10.0. The molecule has 1 atom stereocenters. The first kappa shape index (κ1) is 21.0. The molecule has 1 amide bonds. The van der Waals surface area contributed by atoms with Crippen molar-refractivity contribution >= 4 is 17.5 Å². The topological polar surface area (TPSA) is 86.9 Å². The van der Waals surface area contributed by atoms with Crippen LogP contribution in [0.1, 0.15) is 35.1 Å². The van der Waals surface area contributed by atoms with Gasteiger partial charge < -0.3 is 23.6 Å². The normalized spacial score (nSPS) is 15.7. The van der Waals surface area contributed by atoms with E-state index in [1.54, 1.807) is 49.5 Å². The maximum absolute atomic E-state index is 13.2. The van der Waals surface area contributed by atoms with Crippen LogP contribution in [0.3, 0.4) is 0 Å². The molecular formula is C22H22ClN3O5. The fraction of sp³-hybridized carbons (Fsp3) is 0.318. The van der Waals surface area contributed by atoms with Crippen molar-refractivity contribution in [3.05, 3.63) is 52.9 Å². The van der Waals surface area contributed by atoms with Gasteiger partial charge in [-0.25, -0.2) is 0 Å². The smallest absolute Gasteiger partial charge is 0.258 e. The van der Waals surface area contributed by atoms with Crippen molar-refractivity contribution in [2.45, 2.75) is 18.9 Å². The lowest BCUT2D eigenvalue weighted by atomic mass is 10.1. The predicted octanol–water partition coefficient (Wildman–Crippen LogP) is 4.39. The third kappa shape index (κ3) is 4.03. The first-order valence-electron chi connectivity index (χ1n) is 9.76. The van der Waals surface area contributed by atoms with E-state index in [-0.39, 0.29) is 11.9 Å². The number of halogens is 1. The van der Waals surface area contributed by atoms with Crippen LogP contribution >= 0.6 is 11.6 Å². The van der Waals surface area contributed by atoms with Gasteiger partial charge in [0.25, 0.3) is 5.91 Å². The third-order valence-electron chi connectivity index (χ3n) is 5.28. The van der Waals surface area contributed by atoms with E-state index in [0.717, 1.165) is 18.4 Å². The predicted molar refractivity (Wildman–Crippen MR) is 114 cm³/mol. The number of rotatable bonds is 6. The van der Waals surface area contributed by atoms with Gasteiger partial charge >= 0.3 is 0 Å². The second-order valence-corrected chi connectivity index (χ2v) is 7.46. The highest BCUT2D eigenvalue weighted by atomic mass is 35.5. The molecule has 1 aliphatic heterocycles. The molecule has 0 saturated carbocycles. The van der Waals surface area contributed by atoms with Crippen LogP contribution in [-0.4, -0.2) is 48.8 Å². The van der Waals surface area contributed by atoms with E-state index in [4.69, 9.17) is 30.3 Å². The van der Waals surface area contributed by atoms with Gasteiger partial charge in [-0.15, -0.1) is 0 Å². The number of aromatic nitrogens is 2. The summed E-state index contributed by atoms with van der Waals surface area (Å²) in [6.07, 6.45) is 1.57. The maximum atomic E-state index is 13.2. The van der Waals surface area contributed by atoms with Crippen LogP contribution in [0.15, 0.2) is 40.9 Å². The number of amides is 1. The zero-order chi connectivity index (χ0) is 22.0. The van der Waals surface area contributed by atoms with Crippen LogP contribution < -0.4 is 14.2 Å². The van der Waals surface area contributed by atoms with Crippen molar-refractivity contribution < 1.29 is 23.5 Å². The molecule has 1 saturated heterocycles. The molecule has 0 aliphatic carbocycles. The Kier molecular flexibility index (Phi) is 5.99. The minimum absolute atomic E-state index is 0.165. The number of benzene rings is 2. The van der Waals surface area contributed by atoms with E-state index in [2.05, 4.69) is 10.1 Å². The molecule has 1 aromatic heterocycles. The average Bonchev–Trinajstić information content (AvgIpc) is 3.47. The Morgan fingerprint density at radius 1 is 1.06 bits per heavy atom.